The van der Waals surface area contributed by atoms with Crippen LogP contribution in [0, 0.1) is 17.1 Å². The summed E-state index contributed by atoms with van der Waals surface area (Å²) in [5.74, 6) is -1.38. The smallest absolute Gasteiger partial charge is 0.283 e. The van der Waals surface area contributed by atoms with Crippen molar-refractivity contribution in [3.05, 3.63) is 28.8 Å². The second-order valence-corrected chi connectivity index (χ2v) is 2.32. The first kappa shape index (κ1) is 10.2. The quantitative estimate of drug-likeness (QED) is 0.684. The molecule has 0 saturated heterocycles. The number of hydrogen-bond donors (Lipinski definition) is 0. The van der Waals surface area contributed by atoms with Gasteiger partial charge in [-0.1, -0.05) is 0 Å². The number of carbonyl (C=O) groups excluding carboxylic acids is 1. The Morgan fingerprint density at radius 1 is 1.57 bits per heavy atom. The standard InChI is InChI=1S/C8H3F3N2O/c9-6-4(2-12)1-5(3-14)13-7(6)8(10)11/h1,3,8H. The summed E-state index contributed by atoms with van der Waals surface area (Å²) < 4.78 is 37.2. The molecule has 72 valence electrons. The van der Waals surface area contributed by atoms with Crippen LogP contribution in [-0.4, -0.2) is 11.3 Å². The molecule has 0 radical (unpaired) electrons. The number of hydrogen-bond acceptors (Lipinski definition) is 3. The lowest BCUT2D eigenvalue weighted by molar-refractivity contribution is 0.111. The van der Waals surface area contributed by atoms with Gasteiger partial charge in [-0.25, -0.2) is 18.2 Å². The molecule has 0 aliphatic rings. The molecule has 0 aliphatic heterocycles. The summed E-state index contributed by atoms with van der Waals surface area (Å²) in [6, 6.07) is 2.17. The van der Waals surface area contributed by atoms with Gasteiger partial charge in [0.25, 0.3) is 6.43 Å². The van der Waals surface area contributed by atoms with Crippen molar-refractivity contribution in [3.8, 4) is 6.07 Å². The van der Waals surface area contributed by atoms with Crippen LogP contribution < -0.4 is 0 Å². The number of nitrogens with zero attached hydrogens (tertiary/aromatic N) is 2. The second kappa shape index (κ2) is 3.87. The van der Waals surface area contributed by atoms with E-state index in [1.807, 2.05) is 0 Å². The number of aromatic nitrogens is 1. The van der Waals surface area contributed by atoms with Crippen LogP contribution in [0.3, 0.4) is 0 Å². The predicted molar refractivity (Wildman–Crippen MR) is 39.3 cm³/mol. The Morgan fingerprint density at radius 3 is 2.64 bits per heavy atom. The van der Waals surface area contributed by atoms with Gasteiger partial charge in [0, 0.05) is 0 Å². The van der Waals surface area contributed by atoms with Crippen molar-refractivity contribution in [1.82, 2.24) is 4.98 Å². The first-order valence-corrected chi connectivity index (χ1v) is 3.44. The molecule has 0 bridgehead atoms. The molecule has 1 aromatic heterocycles. The third kappa shape index (κ3) is 1.71. The zero-order valence-corrected chi connectivity index (χ0v) is 6.67. The molecule has 6 heteroatoms. The molecule has 0 spiro atoms. The molecule has 0 amide bonds. The number of alkyl halides is 2. The number of nitriles is 1. The van der Waals surface area contributed by atoms with E-state index >= 15 is 0 Å². The molecule has 3 nitrogen and oxygen atoms in total. The van der Waals surface area contributed by atoms with E-state index in [4.69, 9.17) is 5.26 Å². The van der Waals surface area contributed by atoms with E-state index in [0.29, 0.717) is 0 Å². The summed E-state index contributed by atoms with van der Waals surface area (Å²) in [6.45, 7) is 0. The van der Waals surface area contributed by atoms with Crippen LogP contribution in [0.5, 0.6) is 0 Å². The maximum atomic E-state index is 13.0. The minimum absolute atomic E-state index is 0.173. The lowest BCUT2D eigenvalue weighted by Crippen LogP contribution is -2.02. The summed E-state index contributed by atoms with van der Waals surface area (Å²) in [7, 11) is 0. The maximum Gasteiger partial charge on any atom is 0.283 e. The fourth-order valence-electron chi connectivity index (χ4n) is 0.856. The monoisotopic (exact) mass is 200 g/mol. The predicted octanol–water partition coefficient (Wildman–Crippen LogP) is 1.84. The van der Waals surface area contributed by atoms with Gasteiger partial charge in [-0.05, 0) is 6.07 Å². The molecule has 0 aliphatic carbocycles. The number of carbonyl (C=O) groups is 1. The van der Waals surface area contributed by atoms with Gasteiger partial charge in [0.15, 0.2) is 12.1 Å². The minimum Gasteiger partial charge on any atom is -0.296 e. The van der Waals surface area contributed by atoms with Gasteiger partial charge >= 0.3 is 0 Å². The molecular weight excluding hydrogens is 197 g/mol. The summed E-state index contributed by atoms with van der Waals surface area (Å²) in [5, 5.41) is 8.37. The van der Waals surface area contributed by atoms with E-state index in [1.165, 1.54) is 6.07 Å². The van der Waals surface area contributed by atoms with Crippen LogP contribution in [0.2, 0.25) is 0 Å². The lowest BCUT2D eigenvalue weighted by Gasteiger charge is -2.02. The van der Waals surface area contributed by atoms with E-state index in [9.17, 15) is 18.0 Å². The van der Waals surface area contributed by atoms with Crippen LogP contribution in [-0.2, 0) is 0 Å². The molecule has 0 fully saturated rings. The Kier molecular flexibility index (Phi) is 2.82. The topological polar surface area (TPSA) is 53.8 Å². The molecule has 0 aromatic carbocycles. The average Bonchev–Trinajstić information content (AvgIpc) is 2.17. The van der Waals surface area contributed by atoms with Crippen molar-refractivity contribution in [3.63, 3.8) is 0 Å². The Labute approximate surface area is 76.8 Å². The average molecular weight is 200 g/mol. The van der Waals surface area contributed by atoms with Gasteiger partial charge in [-0.15, -0.1) is 0 Å². The summed E-state index contributed by atoms with van der Waals surface area (Å²) >= 11 is 0. The number of rotatable bonds is 2. The molecule has 1 rings (SSSR count). The Hall–Kier alpha value is -1.90. The third-order valence-electron chi connectivity index (χ3n) is 1.45. The first-order chi connectivity index (χ1) is 6.60. The number of halogens is 3. The van der Waals surface area contributed by atoms with E-state index in [0.717, 1.165) is 6.07 Å². The fraction of sp³-hybridized carbons (Fsp3) is 0.125. The van der Waals surface area contributed by atoms with E-state index in [2.05, 4.69) is 4.98 Å². The summed E-state index contributed by atoms with van der Waals surface area (Å²) in [4.78, 5) is 13.3. The van der Waals surface area contributed by atoms with Gasteiger partial charge in [0.05, 0.1) is 5.56 Å². The van der Waals surface area contributed by atoms with Crippen molar-refractivity contribution in [2.45, 2.75) is 6.43 Å². The van der Waals surface area contributed by atoms with Crippen molar-refractivity contribution in [2.75, 3.05) is 0 Å². The van der Waals surface area contributed by atoms with E-state index in [1.54, 1.807) is 0 Å². The Morgan fingerprint density at radius 2 is 2.21 bits per heavy atom. The van der Waals surface area contributed by atoms with Crippen molar-refractivity contribution in [2.24, 2.45) is 0 Å². The van der Waals surface area contributed by atoms with Crippen molar-refractivity contribution < 1.29 is 18.0 Å². The van der Waals surface area contributed by atoms with E-state index in [-0.39, 0.29) is 6.29 Å². The van der Waals surface area contributed by atoms with Crippen LogP contribution in [0.1, 0.15) is 28.2 Å². The number of aldehydes is 1. The van der Waals surface area contributed by atoms with Crippen LogP contribution in [0.15, 0.2) is 6.07 Å². The molecule has 0 saturated carbocycles. The maximum absolute atomic E-state index is 13.0. The van der Waals surface area contributed by atoms with Gasteiger partial charge < -0.3 is 0 Å². The largest absolute Gasteiger partial charge is 0.296 e. The second-order valence-electron chi connectivity index (χ2n) is 2.32. The Bertz CT molecular complexity index is 412. The van der Waals surface area contributed by atoms with Crippen molar-refractivity contribution in [1.29, 1.82) is 5.26 Å². The fourth-order valence-corrected chi connectivity index (χ4v) is 0.856. The minimum atomic E-state index is -3.15. The van der Waals surface area contributed by atoms with Crippen LogP contribution in [0.4, 0.5) is 13.2 Å². The van der Waals surface area contributed by atoms with Gasteiger partial charge in [-0.2, -0.15) is 5.26 Å². The SMILES string of the molecule is N#Cc1cc(C=O)nc(C(F)F)c1F. The highest BCUT2D eigenvalue weighted by Crippen LogP contribution is 2.22. The first-order valence-electron chi connectivity index (χ1n) is 3.44. The normalized spacial score (nSPS) is 9.93. The number of pyridine rings is 1. The third-order valence-corrected chi connectivity index (χ3v) is 1.45. The van der Waals surface area contributed by atoms with Gasteiger partial charge in [0.2, 0.25) is 0 Å². The highest BCUT2D eigenvalue weighted by molar-refractivity contribution is 5.72. The van der Waals surface area contributed by atoms with Crippen molar-refractivity contribution >= 4 is 6.29 Å². The lowest BCUT2D eigenvalue weighted by atomic mass is 10.2. The molecule has 0 atom stereocenters. The Balaban J connectivity index is 3.43. The van der Waals surface area contributed by atoms with E-state index < -0.39 is 29.2 Å². The van der Waals surface area contributed by atoms with Crippen LogP contribution in [0.25, 0.3) is 0 Å². The van der Waals surface area contributed by atoms with Gasteiger partial charge in [0.1, 0.15) is 17.5 Å². The molecule has 1 aromatic rings. The van der Waals surface area contributed by atoms with Gasteiger partial charge in [-0.3, -0.25) is 4.79 Å². The summed E-state index contributed by atoms with van der Waals surface area (Å²) in [6.07, 6.45) is -2.98. The molecular formula is C8H3F3N2O. The molecule has 14 heavy (non-hydrogen) atoms. The zero-order chi connectivity index (χ0) is 10.7. The molecule has 1 heterocycles. The molecule has 0 N–H and O–H groups in total. The summed E-state index contributed by atoms with van der Waals surface area (Å²) in [5.41, 5.74) is -2.18. The molecule has 0 unspecified atom stereocenters. The highest BCUT2D eigenvalue weighted by Gasteiger charge is 2.19. The van der Waals surface area contributed by atoms with Crippen LogP contribution >= 0.6 is 0 Å². The zero-order valence-electron chi connectivity index (χ0n) is 6.67. The highest BCUT2D eigenvalue weighted by atomic mass is 19.3.